The summed E-state index contributed by atoms with van der Waals surface area (Å²) in [5.41, 5.74) is 5.86. The van der Waals surface area contributed by atoms with Gasteiger partial charge in [-0.25, -0.2) is 0 Å². The number of Topliss-reactive ketones (excluding diaryl/α,β-unsaturated/α-hetero) is 2. The summed E-state index contributed by atoms with van der Waals surface area (Å²) in [5.74, 6) is 4.22. The van der Waals surface area contributed by atoms with E-state index in [0.29, 0.717) is 71.5 Å². The van der Waals surface area contributed by atoms with Crippen LogP contribution < -0.4 is 18.9 Å². The number of carbonyl (C=O) groups is 2. The van der Waals surface area contributed by atoms with Crippen LogP contribution in [0.5, 0.6) is 23.0 Å². The van der Waals surface area contributed by atoms with E-state index in [-0.39, 0.29) is 17.5 Å². The summed E-state index contributed by atoms with van der Waals surface area (Å²) in [4.78, 5) is 23.7. The average Bonchev–Trinajstić information content (AvgIpc) is 3.14. The Balaban J connectivity index is 0.000000997. The van der Waals surface area contributed by atoms with Crippen molar-refractivity contribution in [3.63, 3.8) is 0 Å². The molecule has 0 N–H and O–H groups in total. The normalized spacial score (nSPS) is 12.7. The zero-order valence-corrected chi connectivity index (χ0v) is 36.6. The molecule has 0 spiro atoms. The number of ether oxygens (including phenoxy) is 4. The number of hydrogen-bond acceptors (Lipinski definition) is 6. The van der Waals surface area contributed by atoms with Gasteiger partial charge >= 0.3 is 0 Å². The SMILES string of the molecule is C=CC(C)CC(/C=C/C)=C\C.C=CC(C)CC(/C=C/C)=C\C(C)C.COc1cc(C(C)=O)c(C)cc1OCCCOc1cc(C(C)C)c(C(C)=O)cc1OC. The van der Waals surface area contributed by atoms with Crippen molar-refractivity contribution in [1.29, 1.82) is 0 Å². The maximum Gasteiger partial charge on any atom is 0.161 e. The zero-order chi connectivity index (χ0) is 42.1. The Bertz CT molecular complexity index is 1620. The number of methoxy groups -OCH3 is 2. The molecule has 55 heavy (non-hydrogen) atoms. The van der Waals surface area contributed by atoms with Crippen molar-refractivity contribution in [3.8, 4) is 23.0 Å². The molecule has 6 heteroatoms. The number of ketones is 2. The number of benzene rings is 2. The monoisotopic (exact) mass is 757 g/mol. The van der Waals surface area contributed by atoms with Gasteiger partial charge in [-0.2, -0.15) is 0 Å². The second-order valence-corrected chi connectivity index (χ2v) is 14.4. The van der Waals surface area contributed by atoms with Gasteiger partial charge in [0, 0.05) is 17.5 Å². The molecule has 304 valence electrons. The molecule has 0 aliphatic rings. The fraction of sp³-hybridized carbons (Fsp3) is 0.469. The van der Waals surface area contributed by atoms with Gasteiger partial charge in [0.2, 0.25) is 0 Å². The van der Waals surface area contributed by atoms with E-state index in [1.807, 2.05) is 52.0 Å². The summed E-state index contributed by atoms with van der Waals surface area (Å²) < 4.78 is 22.6. The molecule has 0 bridgehead atoms. The minimum atomic E-state index is -0.0127. The minimum Gasteiger partial charge on any atom is -0.493 e. The lowest BCUT2D eigenvalue weighted by Crippen LogP contribution is -2.09. The number of aryl methyl sites for hydroxylation is 1. The highest BCUT2D eigenvalue weighted by Crippen LogP contribution is 2.35. The number of hydrogen-bond donors (Lipinski definition) is 0. The summed E-state index contributed by atoms with van der Waals surface area (Å²) in [5, 5.41) is 0. The molecular formula is C49H72O6. The molecule has 2 aromatic rings. The molecule has 6 nitrogen and oxygen atoms in total. The third-order valence-electron chi connectivity index (χ3n) is 8.63. The van der Waals surface area contributed by atoms with Gasteiger partial charge in [0.15, 0.2) is 34.6 Å². The van der Waals surface area contributed by atoms with E-state index in [9.17, 15) is 9.59 Å². The Morgan fingerprint density at radius 2 is 1.13 bits per heavy atom. The van der Waals surface area contributed by atoms with E-state index < -0.39 is 0 Å². The number of carbonyl (C=O) groups excluding carboxylic acids is 2. The lowest BCUT2D eigenvalue weighted by molar-refractivity contribution is 0.100. The first kappa shape index (κ1) is 50.4. The van der Waals surface area contributed by atoms with E-state index in [0.717, 1.165) is 24.0 Å². The molecule has 2 rings (SSSR count). The summed E-state index contributed by atoms with van der Waals surface area (Å²) in [6, 6.07) is 7.15. The van der Waals surface area contributed by atoms with E-state index in [1.165, 1.54) is 18.1 Å². The zero-order valence-electron chi connectivity index (χ0n) is 36.6. The van der Waals surface area contributed by atoms with Gasteiger partial charge in [-0.3, -0.25) is 9.59 Å². The summed E-state index contributed by atoms with van der Waals surface area (Å²) in [6.07, 6.45) is 19.8. The van der Waals surface area contributed by atoms with Crippen LogP contribution in [-0.4, -0.2) is 39.0 Å². The minimum absolute atomic E-state index is 0.00184. The Morgan fingerprint density at radius 3 is 1.53 bits per heavy atom. The van der Waals surface area contributed by atoms with Crippen LogP contribution in [0.1, 0.15) is 133 Å². The fourth-order valence-corrected chi connectivity index (χ4v) is 5.61. The van der Waals surface area contributed by atoms with Crippen LogP contribution in [0.2, 0.25) is 0 Å². The van der Waals surface area contributed by atoms with Crippen LogP contribution >= 0.6 is 0 Å². The van der Waals surface area contributed by atoms with Gasteiger partial charge in [-0.1, -0.05) is 101 Å². The lowest BCUT2D eigenvalue weighted by atomic mass is 9.94. The van der Waals surface area contributed by atoms with Crippen molar-refractivity contribution in [2.24, 2.45) is 17.8 Å². The molecule has 0 heterocycles. The Labute approximate surface area is 335 Å². The van der Waals surface area contributed by atoms with Crippen molar-refractivity contribution < 1.29 is 28.5 Å². The van der Waals surface area contributed by atoms with Crippen molar-refractivity contribution in [2.75, 3.05) is 27.4 Å². The Morgan fingerprint density at radius 1 is 0.673 bits per heavy atom. The summed E-state index contributed by atoms with van der Waals surface area (Å²) in [6.45, 7) is 32.4. The van der Waals surface area contributed by atoms with E-state index in [1.54, 1.807) is 33.3 Å². The Hall–Kier alpha value is -4.58. The van der Waals surface area contributed by atoms with Gasteiger partial charge < -0.3 is 18.9 Å². The molecular weight excluding hydrogens is 685 g/mol. The molecule has 0 aromatic heterocycles. The van der Waals surface area contributed by atoms with Crippen molar-refractivity contribution in [2.45, 2.75) is 108 Å². The molecule has 2 atom stereocenters. The molecule has 0 saturated heterocycles. The molecule has 0 radical (unpaired) electrons. The molecule has 0 fully saturated rings. The Kier molecular flexibility index (Phi) is 25.6. The maximum atomic E-state index is 12.0. The van der Waals surface area contributed by atoms with Gasteiger partial charge in [-0.15, -0.1) is 13.2 Å². The van der Waals surface area contributed by atoms with Crippen LogP contribution in [0.15, 0.2) is 97.2 Å². The largest absolute Gasteiger partial charge is 0.493 e. The van der Waals surface area contributed by atoms with Crippen LogP contribution in [-0.2, 0) is 0 Å². The molecule has 2 aromatic carbocycles. The predicted octanol–water partition coefficient (Wildman–Crippen LogP) is 13.5. The average molecular weight is 757 g/mol. The van der Waals surface area contributed by atoms with Crippen LogP contribution in [0.25, 0.3) is 0 Å². The second kappa shape index (κ2) is 27.9. The van der Waals surface area contributed by atoms with Gasteiger partial charge in [0.05, 0.1) is 27.4 Å². The van der Waals surface area contributed by atoms with Crippen LogP contribution in [0.4, 0.5) is 0 Å². The third kappa shape index (κ3) is 19.5. The first-order valence-corrected chi connectivity index (χ1v) is 19.6. The van der Waals surface area contributed by atoms with Crippen molar-refractivity contribution >= 4 is 11.6 Å². The lowest BCUT2D eigenvalue weighted by Gasteiger charge is -2.17. The fourth-order valence-electron chi connectivity index (χ4n) is 5.61. The van der Waals surface area contributed by atoms with Crippen molar-refractivity contribution in [3.05, 3.63) is 119 Å². The molecule has 0 saturated carbocycles. The summed E-state index contributed by atoms with van der Waals surface area (Å²) >= 11 is 0. The van der Waals surface area contributed by atoms with Crippen LogP contribution in [0, 0.1) is 24.7 Å². The predicted molar refractivity (Wildman–Crippen MR) is 235 cm³/mol. The van der Waals surface area contributed by atoms with Crippen molar-refractivity contribution in [1.82, 2.24) is 0 Å². The van der Waals surface area contributed by atoms with Crippen LogP contribution in [0.3, 0.4) is 0 Å². The second-order valence-electron chi connectivity index (χ2n) is 14.4. The maximum absolute atomic E-state index is 12.0. The van der Waals surface area contributed by atoms with E-state index >= 15 is 0 Å². The highest BCUT2D eigenvalue weighted by atomic mass is 16.5. The first-order chi connectivity index (χ1) is 26.0. The molecule has 0 aliphatic carbocycles. The topological polar surface area (TPSA) is 71.1 Å². The molecule has 0 aliphatic heterocycles. The highest BCUT2D eigenvalue weighted by molar-refractivity contribution is 5.97. The molecule has 0 amide bonds. The third-order valence-corrected chi connectivity index (χ3v) is 8.63. The number of allylic oxidation sites excluding steroid dienone is 10. The van der Waals surface area contributed by atoms with Gasteiger partial charge in [0.1, 0.15) is 0 Å². The summed E-state index contributed by atoms with van der Waals surface area (Å²) in [7, 11) is 3.11. The van der Waals surface area contributed by atoms with E-state index in [2.05, 4.69) is 91.2 Å². The molecule has 2 unspecified atom stereocenters. The van der Waals surface area contributed by atoms with Gasteiger partial charge in [-0.05, 0) is 113 Å². The number of rotatable bonds is 20. The highest BCUT2D eigenvalue weighted by Gasteiger charge is 2.17. The quantitative estimate of drug-likeness (QED) is 0.0580. The first-order valence-electron chi connectivity index (χ1n) is 19.6. The standard InChI is InChI=1S/C25H32O6.C13H22.C11H18/c1-15(2)19-12-25(23(29-7)14-21(19)18(5)27)31-10-8-9-30-24-11-16(3)20(17(4)26)13-22(24)28-6;1-6-8-13(9-11(3)4)10-12(5)7-2;1-5-8-11(7-3)9-10(4)6-2/h11-15H,8-10H2,1-7H3;6-9,11-12H,2,10H2,1,3-5H3;5-8,10H,2,9H2,1,3-4H3/b;8-6+,13-9-;8-5+,11-7-. The van der Waals surface area contributed by atoms with Gasteiger partial charge in [0.25, 0.3) is 0 Å². The smallest absolute Gasteiger partial charge is 0.161 e. The van der Waals surface area contributed by atoms with E-state index in [4.69, 9.17) is 18.9 Å².